The molecule has 0 fully saturated rings. The molecule has 0 saturated heterocycles. The van der Waals surface area contributed by atoms with Crippen LogP contribution in [0.25, 0.3) is 16.7 Å². The lowest BCUT2D eigenvalue weighted by molar-refractivity contribution is 0.174. The van der Waals surface area contributed by atoms with Crippen LogP contribution in [0.4, 0.5) is 0 Å². The number of para-hydroxylation sites is 1. The smallest absolute Gasteiger partial charge is 0.231 e. The van der Waals surface area contributed by atoms with Crippen LogP contribution in [0, 0.1) is 0 Å². The second-order valence-corrected chi connectivity index (χ2v) is 5.32. The number of rotatable bonds is 2. The van der Waals surface area contributed by atoms with Crippen LogP contribution >= 0.6 is 23.2 Å². The van der Waals surface area contributed by atoms with Gasteiger partial charge in [0.1, 0.15) is 5.82 Å². The van der Waals surface area contributed by atoms with Crippen molar-refractivity contribution in [2.75, 3.05) is 6.79 Å². The third-order valence-electron chi connectivity index (χ3n) is 3.43. The Bertz CT molecular complexity index is 845. The van der Waals surface area contributed by atoms with E-state index in [9.17, 15) is 0 Å². The fourth-order valence-electron chi connectivity index (χ4n) is 2.53. The van der Waals surface area contributed by atoms with Gasteiger partial charge in [-0.1, -0.05) is 17.7 Å². The van der Waals surface area contributed by atoms with Gasteiger partial charge in [0.15, 0.2) is 11.5 Å². The predicted octanol–water partition coefficient (Wildman–Crippen LogP) is 4.15. The highest BCUT2D eigenvalue weighted by Crippen LogP contribution is 2.36. The van der Waals surface area contributed by atoms with Gasteiger partial charge in [-0.15, -0.1) is 11.6 Å². The van der Waals surface area contributed by atoms with Crippen molar-refractivity contribution in [3.8, 4) is 17.2 Å². The van der Waals surface area contributed by atoms with E-state index in [0.29, 0.717) is 16.7 Å². The van der Waals surface area contributed by atoms with Crippen LogP contribution in [0.3, 0.4) is 0 Å². The Kier molecular flexibility index (Phi) is 2.94. The van der Waals surface area contributed by atoms with Gasteiger partial charge >= 0.3 is 0 Å². The molecule has 0 aliphatic carbocycles. The lowest BCUT2D eigenvalue weighted by Crippen LogP contribution is -1.99. The molecule has 6 heteroatoms. The first kappa shape index (κ1) is 12.8. The van der Waals surface area contributed by atoms with E-state index in [1.165, 1.54) is 0 Å². The summed E-state index contributed by atoms with van der Waals surface area (Å²) in [5.41, 5.74) is 2.55. The zero-order valence-electron chi connectivity index (χ0n) is 10.8. The lowest BCUT2D eigenvalue weighted by Gasteiger charge is -2.09. The van der Waals surface area contributed by atoms with Crippen LogP contribution in [0.15, 0.2) is 36.4 Å². The van der Waals surface area contributed by atoms with Crippen LogP contribution in [-0.4, -0.2) is 16.3 Å². The van der Waals surface area contributed by atoms with E-state index in [4.69, 9.17) is 32.7 Å². The monoisotopic (exact) mass is 320 g/mol. The van der Waals surface area contributed by atoms with Crippen molar-refractivity contribution in [1.29, 1.82) is 0 Å². The summed E-state index contributed by atoms with van der Waals surface area (Å²) in [6.45, 7) is 0.243. The third-order valence-corrected chi connectivity index (χ3v) is 3.97. The Morgan fingerprint density at radius 1 is 1.14 bits per heavy atom. The SMILES string of the molecule is ClCc1nc2cccc(Cl)c2n1-c1ccc2c(c1)OCO2. The maximum Gasteiger partial charge on any atom is 0.231 e. The largest absolute Gasteiger partial charge is 0.454 e. The number of hydrogen-bond acceptors (Lipinski definition) is 3. The highest BCUT2D eigenvalue weighted by Gasteiger charge is 2.18. The average molecular weight is 321 g/mol. The molecule has 2 aromatic carbocycles. The van der Waals surface area contributed by atoms with Gasteiger partial charge in [-0.3, -0.25) is 4.57 Å². The molecule has 2 heterocycles. The Hall–Kier alpha value is -1.91. The van der Waals surface area contributed by atoms with E-state index in [0.717, 1.165) is 28.3 Å². The van der Waals surface area contributed by atoms with Gasteiger partial charge in [-0.2, -0.15) is 0 Å². The van der Waals surface area contributed by atoms with Crippen molar-refractivity contribution in [2.24, 2.45) is 0 Å². The number of alkyl halides is 1. The molecule has 1 aliphatic rings. The van der Waals surface area contributed by atoms with Crippen LogP contribution < -0.4 is 9.47 Å². The molecular weight excluding hydrogens is 311 g/mol. The van der Waals surface area contributed by atoms with Gasteiger partial charge in [0.2, 0.25) is 6.79 Å². The molecule has 106 valence electrons. The number of imidazole rings is 1. The predicted molar refractivity (Wildman–Crippen MR) is 81.8 cm³/mol. The van der Waals surface area contributed by atoms with Crippen molar-refractivity contribution in [1.82, 2.24) is 9.55 Å². The maximum absolute atomic E-state index is 6.34. The van der Waals surface area contributed by atoms with Crippen LogP contribution in [0.2, 0.25) is 5.02 Å². The normalized spacial score (nSPS) is 13.0. The Morgan fingerprint density at radius 3 is 2.86 bits per heavy atom. The summed E-state index contributed by atoms with van der Waals surface area (Å²) >= 11 is 12.4. The molecule has 1 aliphatic heterocycles. The highest BCUT2D eigenvalue weighted by atomic mass is 35.5. The summed E-state index contributed by atoms with van der Waals surface area (Å²) in [6.07, 6.45) is 0. The standard InChI is InChI=1S/C15H10Cl2N2O2/c16-7-14-18-11-3-1-2-10(17)15(11)19(14)9-4-5-12-13(6-9)21-8-20-12/h1-6H,7-8H2. The number of nitrogens with zero attached hydrogens (tertiary/aromatic N) is 2. The quantitative estimate of drug-likeness (QED) is 0.665. The molecule has 0 unspecified atom stereocenters. The number of aromatic nitrogens is 2. The second kappa shape index (κ2) is 4.83. The maximum atomic E-state index is 6.34. The third kappa shape index (κ3) is 1.94. The summed E-state index contributed by atoms with van der Waals surface area (Å²) < 4.78 is 12.7. The molecular formula is C15H10Cl2N2O2. The Labute approximate surface area is 130 Å². The number of halogens is 2. The van der Waals surface area contributed by atoms with Gasteiger partial charge in [-0.25, -0.2) is 4.98 Å². The van der Waals surface area contributed by atoms with Gasteiger partial charge in [0, 0.05) is 6.07 Å². The summed E-state index contributed by atoms with van der Waals surface area (Å²) in [7, 11) is 0. The molecule has 0 radical (unpaired) electrons. The first-order valence-electron chi connectivity index (χ1n) is 6.40. The van der Waals surface area contributed by atoms with Crippen molar-refractivity contribution < 1.29 is 9.47 Å². The molecule has 0 amide bonds. The number of fused-ring (bicyclic) bond motifs is 2. The molecule has 1 aromatic heterocycles. The number of benzene rings is 2. The highest BCUT2D eigenvalue weighted by molar-refractivity contribution is 6.35. The number of hydrogen-bond donors (Lipinski definition) is 0. The average Bonchev–Trinajstić information content (AvgIpc) is 3.10. The summed E-state index contributed by atoms with van der Waals surface area (Å²) in [5.74, 6) is 2.47. The van der Waals surface area contributed by atoms with Crippen molar-refractivity contribution in [3.63, 3.8) is 0 Å². The minimum atomic E-state index is 0.243. The second-order valence-electron chi connectivity index (χ2n) is 4.64. The van der Waals surface area contributed by atoms with Gasteiger partial charge < -0.3 is 9.47 Å². The van der Waals surface area contributed by atoms with Gasteiger partial charge in [0.25, 0.3) is 0 Å². The van der Waals surface area contributed by atoms with E-state index >= 15 is 0 Å². The first-order valence-corrected chi connectivity index (χ1v) is 7.31. The summed E-state index contributed by atoms with van der Waals surface area (Å²) in [5, 5.41) is 0.633. The first-order chi connectivity index (χ1) is 10.3. The van der Waals surface area contributed by atoms with Crippen LogP contribution in [0.1, 0.15) is 5.82 Å². The molecule has 3 aromatic rings. The molecule has 0 saturated carbocycles. The minimum Gasteiger partial charge on any atom is -0.454 e. The van der Waals surface area contributed by atoms with E-state index in [2.05, 4.69) is 4.98 Å². The summed E-state index contributed by atoms with van der Waals surface area (Å²) in [6, 6.07) is 11.3. The van der Waals surface area contributed by atoms with Crippen molar-refractivity contribution in [3.05, 3.63) is 47.2 Å². The fourth-order valence-corrected chi connectivity index (χ4v) is 2.96. The zero-order chi connectivity index (χ0) is 14.4. The van der Waals surface area contributed by atoms with E-state index < -0.39 is 0 Å². The van der Waals surface area contributed by atoms with E-state index in [1.807, 2.05) is 41.0 Å². The molecule has 0 bridgehead atoms. The number of ether oxygens (including phenoxy) is 2. The van der Waals surface area contributed by atoms with Crippen molar-refractivity contribution >= 4 is 34.2 Å². The molecule has 0 atom stereocenters. The molecule has 0 spiro atoms. The van der Waals surface area contributed by atoms with Crippen LogP contribution in [-0.2, 0) is 5.88 Å². The van der Waals surface area contributed by atoms with Crippen LogP contribution in [0.5, 0.6) is 11.5 Å². The zero-order valence-corrected chi connectivity index (χ0v) is 12.4. The lowest BCUT2D eigenvalue weighted by atomic mass is 10.2. The van der Waals surface area contributed by atoms with E-state index in [-0.39, 0.29) is 6.79 Å². The van der Waals surface area contributed by atoms with Gasteiger partial charge in [0.05, 0.1) is 27.6 Å². The molecule has 21 heavy (non-hydrogen) atoms. The Balaban J connectivity index is 2.01. The Morgan fingerprint density at radius 2 is 2.00 bits per heavy atom. The topological polar surface area (TPSA) is 36.3 Å². The molecule has 4 nitrogen and oxygen atoms in total. The van der Waals surface area contributed by atoms with Crippen molar-refractivity contribution in [2.45, 2.75) is 5.88 Å². The van der Waals surface area contributed by atoms with E-state index in [1.54, 1.807) is 0 Å². The minimum absolute atomic E-state index is 0.243. The molecule has 0 N–H and O–H groups in total. The summed E-state index contributed by atoms with van der Waals surface area (Å²) in [4.78, 5) is 4.54. The molecule has 4 rings (SSSR count). The van der Waals surface area contributed by atoms with Gasteiger partial charge in [-0.05, 0) is 24.3 Å². The fraction of sp³-hybridized carbons (Fsp3) is 0.133.